The number of nitrogens with zero attached hydrogens (tertiary/aromatic N) is 1. The molecule has 2 aromatic carbocycles. The van der Waals surface area contributed by atoms with Gasteiger partial charge in [0, 0.05) is 31.4 Å². The van der Waals surface area contributed by atoms with E-state index in [4.69, 9.17) is 23.8 Å². The molecular weight excluding hydrogens is 345 g/mol. The first-order valence-electron chi connectivity index (χ1n) is 7.89. The van der Waals surface area contributed by atoms with Gasteiger partial charge in [-0.2, -0.15) is 0 Å². The minimum atomic E-state index is -0.437. The summed E-state index contributed by atoms with van der Waals surface area (Å²) in [4.78, 5) is 2.41. The van der Waals surface area contributed by atoms with Crippen molar-refractivity contribution >= 4 is 34.6 Å². The zero-order valence-corrected chi connectivity index (χ0v) is 14.7. The Balaban J connectivity index is 1.48. The Morgan fingerprint density at radius 2 is 2.04 bits per heavy atom. The fraction of sp³-hybridized carbons (Fsp3) is 0.278. The average Bonchev–Trinajstić information content (AvgIpc) is 2.99. The number of hydrogen-bond acceptors (Lipinski definition) is 2. The van der Waals surface area contributed by atoms with Crippen LogP contribution in [0.1, 0.15) is 12.0 Å². The first-order chi connectivity index (χ1) is 11.6. The lowest BCUT2D eigenvalue weighted by Crippen LogP contribution is -2.39. The summed E-state index contributed by atoms with van der Waals surface area (Å²) in [7, 11) is 0. The van der Waals surface area contributed by atoms with E-state index in [9.17, 15) is 4.39 Å². The summed E-state index contributed by atoms with van der Waals surface area (Å²) in [5, 5.41) is 6.98. The maximum absolute atomic E-state index is 13.2. The molecular formula is C18H19ClFN3S. The van der Waals surface area contributed by atoms with Crippen LogP contribution in [0.15, 0.2) is 48.5 Å². The van der Waals surface area contributed by atoms with Crippen LogP contribution in [0.5, 0.6) is 0 Å². The number of hydrogen-bond donors (Lipinski definition) is 2. The van der Waals surface area contributed by atoms with Gasteiger partial charge in [-0.05, 0) is 42.4 Å². The SMILES string of the molecule is Fc1ccc(NC(=S)N[C@@H]2CCN(Cc3ccccc3)C2)cc1Cl. The molecule has 0 radical (unpaired) electrons. The second kappa shape index (κ2) is 7.92. The lowest BCUT2D eigenvalue weighted by atomic mass is 10.2. The summed E-state index contributed by atoms with van der Waals surface area (Å²) in [6, 6.07) is 15.2. The highest BCUT2D eigenvalue weighted by Gasteiger charge is 2.22. The molecule has 1 atom stereocenters. The molecule has 2 N–H and O–H groups in total. The van der Waals surface area contributed by atoms with Crippen molar-refractivity contribution in [3.8, 4) is 0 Å². The second-order valence-electron chi connectivity index (χ2n) is 5.93. The van der Waals surface area contributed by atoms with Gasteiger partial charge < -0.3 is 10.6 Å². The number of anilines is 1. The molecule has 1 saturated heterocycles. The van der Waals surface area contributed by atoms with Crippen LogP contribution < -0.4 is 10.6 Å². The van der Waals surface area contributed by atoms with E-state index in [0.717, 1.165) is 26.1 Å². The van der Waals surface area contributed by atoms with Crippen LogP contribution >= 0.6 is 23.8 Å². The molecule has 1 aliphatic rings. The monoisotopic (exact) mass is 363 g/mol. The summed E-state index contributed by atoms with van der Waals surface area (Å²) in [5.41, 5.74) is 2.00. The highest BCUT2D eigenvalue weighted by atomic mass is 35.5. The number of rotatable bonds is 4. The van der Waals surface area contributed by atoms with Crippen molar-refractivity contribution in [2.75, 3.05) is 18.4 Å². The predicted molar refractivity (Wildman–Crippen MR) is 101 cm³/mol. The molecule has 0 saturated carbocycles. The van der Waals surface area contributed by atoms with E-state index in [2.05, 4.69) is 39.8 Å². The largest absolute Gasteiger partial charge is 0.358 e. The third kappa shape index (κ3) is 4.66. The van der Waals surface area contributed by atoms with Crippen LogP contribution in [0.3, 0.4) is 0 Å². The van der Waals surface area contributed by atoms with Crippen LogP contribution in [-0.2, 0) is 6.54 Å². The Kier molecular flexibility index (Phi) is 5.66. The Morgan fingerprint density at radius 1 is 1.25 bits per heavy atom. The van der Waals surface area contributed by atoms with E-state index in [1.54, 1.807) is 6.07 Å². The van der Waals surface area contributed by atoms with E-state index in [1.807, 2.05) is 6.07 Å². The van der Waals surface area contributed by atoms with Gasteiger partial charge in [0.15, 0.2) is 5.11 Å². The summed E-state index contributed by atoms with van der Waals surface area (Å²) < 4.78 is 13.2. The maximum atomic E-state index is 13.2. The Hall–Kier alpha value is -1.69. The standard InChI is InChI=1S/C18H19ClFN3S/c19-16-10-14(6-7-17(16)20)21-18(24)22-15-8-9-23(12-15)11-13-4-2-1-3-5-13/h1-7,10,15H,8-9,11-12H2,(H2,21,22,24)/t15-/m1/s1. The number of nitrogens with one attached hydrogen (secondary N) is 2. The lowest BCUT2D eigenvalue weighted by Gasteiger charge is -2.18. The highest BCUT2D eigenvalue weighted by Crippen LogP contribution is 2.19. The first-order valence-corrected chi connectivity index (χ1v) is 8.67. The summed E-state index contributed by atoms with van der Waals surface area (Å²) in [5.74, 6) is -0.437. The molecule has 0 aromatic heterocycles. The molecule has 1 fully saturated rings. The summed E-state index contributed by atoms with van der Waals surface area (Å²) >= 11 is 11.1. The topological polar surface area (TPSA) is 27.3 Å². The van der Waals surface area contributed by atoms with Crippen LogP contribution in [-0.4, -0.2) is 29.1 Å². The van der Waals surface area contributed by atoms with Gasteiger partial charge in [-0.15, -0.1) is 0 Å². The predicted octanol–water partition coefficient (Wildman–Crippen LogP) is 4.04. The summed E-state index contributed by atoms with van der Waals surface area (Å²) in [6.45, 7) is 2.94. The van der Waals surface area contributed by atoms with Crippen LogP contribution in [0.4, 0.5) is 10.1 Å². The molecule has 0 amide bonds. The number of halogens is 2. The Morgan fingerprint density at radius 3 is 2.79 bits per heavy atom. The van der Waals surface area contributed by atoms with Gasteiger partial charge in [-0.3, -0.25) is 4.90 Å². The van der Waals surface area contributed by atoms with Crippen LogP contribution in [0, 0.1) is 5.82 Å². The maximum Gasteiger partial charge on any atom is 0.171 e. The fourth-order valence-electron chi connectivity index (χ4n) is 2.86. The minimum Gasteiger partial charge on any atom is -0.358 e. The Bertz CT molecular complexity index is 711. The molecule has 1 aliphatic heterocycles. The molecule has 3 nitrogen and oxygen atoms in total. The number of likely N-dealkylation sites (tertiary alicyclic amines) is 1. The third-order valence-corrected chi connectivity index (χ3v) is 4.54. The van der Waals surface area contributed by atoms with Crippen molar-refractivity contribution in [3.63, 3.8) is 0 Å². The van der Waals surface area contributed by atoms with Crippen molar-refractivity contribution in [3.05, 3.63) is 64.9 Å². The van der Waals surface area contributed by atoms with Gasteiger partial charge in [0.1, 0.15) is 5.82 Å². The van der Waals surface area contributed by atoms with Gasteiger partial charge in [0.25, 0.3) is 0 Å². The van der Waals surface area contributed by atoms with Crippen molar-refractivity contribution in [1.29, 1.82) is 0 Å². The lowest BCUT2D eigenvalue weighted by molar-refractivity contribution is 0.324. The van der Waals surface area contributed by atoms with Crippen molar-refractivity contribution in [2.24, 2.45) is 0 Å². The molecule has 126 valence electrons. The molecule has 0 unspecified atom stereocenters. The third-order valence-electron chi connectivity index (χ3n) is 4.03. The van der Waals surface area contributed by atoms with Crippen molar-refractivity contribution < 1.29 is 4.39 Å². The van der Waals surface area contributed by atoms with Crippen molar-refractivity contribution in [2.45, 2.75) is 19.0 Å². The Labute approximate surface area is 151 Å². The second-order valence-corrected chi connectivity index (χ2v) is 6.75. The van der Waals surface area contributed by atoms with Gasteiger partial charge in [0.05, 0.1) is 5.02 Å². The van der Waals surface area contributed by atoms with Gasteiger partial charge in [-0.25, -0.2) is 4.39 Å². The number of thiocarbonyl (C=S) groups is 1. The van der Waals surface area contributed by atoms with Gasteiger partial charge >= 0.3 is 0 Å². The zero-order valence-electron chi connectivity index (χ0n) is 13.1. The normalized spacial score (nSPS) is 17.7. The molecule has 0 spiro atoms. The smallest absolute Gasteiger partial charge is 0.171 e. The molecule has 0 aliphatic carbocycles. The van der Waals surface area contributed by atoms with Crippen molar-refractivity contribution in [1.82, 2.24) is 10.2 Å². The van der Waals surface area contributed by atoms with Crippen LogP contribution in [0.2, 0.25) is 5.02 Å². The average molecular weight is 364 g/mol. The van der Waals surface area contributed by atoms with Gasteiger partial charge in [-0.1, -0.05) is 41.9 Å². The molecule has 1 heterocycles. The van der Waals surface area contributed by atoms with E-state index < -0.39 is 5.82 Å². The molecule has 24 heavy (non-hydrogen) atoms. The zero-order chi connectivity index (χ0) is 16.9. The van der Waals surface area contributed by atoms with E-state index in [0.29, 0.717) is 16.8 Å². The highest BCUT2D eigenvalue weighted by molar-refractivity contribution is 7.80. The fourth-order valence-corrected chi connectivity index (χ4v) is 3.33. The molecule has 0 bridgehead atoms. The number of benzene rings is 2. The summed E-state index contributed by atoms with van der Waals surface area (Å²) in [6.07, 6.45) is 1.04. The first kappa shape index (κ1) is 17.1. The van der Waals surface area contributed by atoms with Crippen LogP contribution in [0.25, 0.3) is 0 Å². The minimum absolute atomic E-state index is 0.0812. The van der Waals surface area contributed by atoms with E-state index >= 15 is 0 Å². The van der Waals surface area contributed by atoms with Gasteiger partial charge in [0.2, 0.25) is 0 Å². The quantitative estimate of drug-likeness (QED) is 0.802. The molecule has 2 aromatic rings. The van der Waals surface area contributed by atoms with E-state index in [1.165, 1.54) is 17.7 Å². The molecule has 3 rings (SSSR count). The van der Waals surface area contributed by atoms with E-state index in [-0.39, 0.29) is 5.02 Å². The molecule has 6 heteroatoms.